The minimum atomic E-state index is -0.228. The van der Waals surface area contributed by atoms with Crippen LogP contribution in [0.4, 0.5) is 5.82 Å². The Morgan fingerprint density at radius 1 is 1.24 bits per heavy atom. The Labute approximate surface area is 124 Å². The zero-order chi connectivity index (χ0) is 15.5. The summed E-state index contributed by atoms with van der Waals surface area (Å²) >= 11 is 0. The molecule has 2 rings (SSSR count). The van der Waals surface area contributed by atoms with Gasteiger partial charge in [0.25, 0.3) is 5.91 Å². The van der Waals surface area contributed by atoms with Crippen molar-refractivity contribution in [2.24, 2.45) is 7.05 Å². The maximum Gasteiger partial charge on any atom is 0.263 e. The molecule has 5 nitrogen and oxygen atoms in total. The van der Waals surface area contributed by atoms with E-state index in [1.54, 1.807) is 24.0 Å². The van der Waals surface area contributed by atoms with Crippen molar-refractivity contribution in [3.05, 3.63) is 42.1 Å². The lowest BCUT2D eigenvalue weighted by Crippen LogP contribution is -2.20. The fraction of sp³-hybridized carbons (Fsp3) is 0.375. The van der Waals surface area contributed by atoms with Gasteiger partial charge in [0.05, 0.1) is 0 Å². The van der Waals surface area contributed by atoms with Crippen LogP contribution in [0, 0.1) is 0 Å². The smallest absolute Gasteiger partial charge is 0.263 e. The van der Waals surface area contributed by atoms with Crippen LogP contribution in [0.1, 0.15) is 26.3 Å². The summed E-state index contributed by atoms with van der Waals surface area (Å²) in [5.74, 6) is 0.974. The van der Waals surface area contributed by atoms with E-state index in [1.807, 2.05) is 24.3 Å². The third kappa shape index (κ3) is 4.34. The van der Waals surface area contributed by atoms with Gasteiger partial charge in [0.2, 0.25) is 0 Å². The number of nitrogens with one attached hydrogen (secondary N) is 1. The van der Waals surface area contributed by atoms with E-state index in [1.165, 1.54) is 5.56 Å². The number of hydrogen-bond donors (Lipinski definition) is 1. The van der Waals surface area contributed by atoms with Crippen LogP contribution in [0.2, 0.25) is 0 Å². The highest BCUT2D eigenvalue weighted by Crippen LogP contribution is 2.24. The van der Waals surface area contributed by atoms with E-state index in [-0.39, 0.29) is 17.9 Å². The molecule has 0 aliphatic heterocycles. The lowest BCUT2D eigenvalue weighted by atomic mass is 9.87. The predicted molar refractivity (Wildman–Crippen MR) is 82.5 cm³/mol. The van der Waals surface area contributed by atoms with E-state index in [2.05, 4.69) is 31.2 Å². The van der Waals surface area contributed by atoms with E-state index >= 15 is 0 Å². The quantitative estimate of drug-likeness (QED) is 0.940. The number of anilines is 1. The summed E-state index contributed by atoms with van der Waals surface area (Å²) in [5.41, 5.74) is 1.34. The van der Waals surface area contributed by atoms with Gasteiger partial charge in [-0.3, -0.25) is 9.48 Å². The lowest BCUT2D eigenvalue weighted by molar-refractivity contribution is -0.118. The maximum atomic E-state index is 11.7. The van der Waals surface area contributed by atoms with Crippen molar-refractivity contribution < 1.29 is 9.53 Å². The van der Waals surface area contributed by atoms with Crippen LogP contribution in [-0.2, 0) is 17.3 Å². The second-order valence-electron chi connectivity index (χ2n) is 5.99. The number of carbonyl (C=O) groups is 1. The van der Waals surface area contributed by atoms with Gasteiger partial charge in [-0.2, -0.15) is 5.10 Å². The molecular weight excluding hydrogens is 266 g/mol. The van der Waals surface area contributed by atoms with E-state index in [0.29, 0.717) is 11.6 Å². The van der Waals surface area contributed by atoms with Gasteiger partial charge < -0.3 is 10.1 Å². The van der Waals surface area contributed by atoms with Crippen molar-refractivity contribution in [2.45, 2.75) is 26.2 Å². The number of aromatic nitrogens is 2. The average Bonchev–Trinajstić information content (AvgIpc) is 2.81. The monoisotopic (exact) mass is 287 g/mol. The molecule has 0 spiro atoms. The largest absolute Gasteiger partial charge is 0.484 e. The van der Waals surface area contributed by atoms with Crippen LogP contribution in [0.25, 0.3) is 0 Å². The van der Waals surface area contributed by atoms with Gasteiger partial charge in [0.15, 0.2) is 12.4 Å². The molecule has 0 unspecified atom stereocenters. The standard InChI is InChI=1S/C16H21N3O2/c1-16(2,3)12-5-7-13(8-6-12)21-11-15(20)17-14-9-10-19(4)18-14/h5-10H,11H2,1-4H3,(H,17,18,20). The Hall–Kier alpha value is -2.30. The third-order valence-electron chi connectivity index (χ3n) is 3.07. The van der Waals surface area contributed by atoms with Crippen molar-refractivity contribution in [3.63, 3.8) is 0 Å². The van der Waals surface area contributed by atoms with Crippen molar-refractivity contribution in [1.29, 1.82) is 0 Å². The number of nitrogens with zero attached hydrogens (tertiary/aromatic N) is 2. The average molecular weight is 287 g/mol. The van der Waals surface area contributed by atoms with Gasteiger partial charge in [-0.1, -0.05) is 32.9 Å². The summed E-state index contributed by atoms with van der Waals surface area (Å²) in [6.45, 7) is 6.43. The Balaban J connectivity index is 1.86. The molecule has 1 aromatic carbocycles. The highest BCUT2D eigenvalue weighted by Gasteiger charge is 2.13. The first-order valence-corrected chi connectivity index (χ1v) is 6.87. The highest BCUT2D eigenvalue weighted by molar-refractivity contribution is 5.90. The number of ether oxygens (including phenoxy) is 1. The minimum absolute atomic E-state index is 0.0363. The number of rotatable bonds is 4. The predicted octanol–water partition coefficient (Wildman–Crippen LogP) is 2.74. The molecule has 2 aromatic rings. The maximum absolute atomic E-state index is 11.7. The Bertz CT molecular complexity index is 609. The Morgan fingerprint density at radius 3 is 2.43 bits per heavy atom. The lowest BCUT2D eigenvalue weighted by Gasteiger charge is -2.19. The molecular formula is C16H21N3O2. The van der Waals surface area contributed by atoms with Crippen LogP contribution in [0.3, 0.4) is 0 Å². The second-order valence-corrected chi connectivity index (χ2v) is 5.99. The number of aryl methyl sites for hydroxylation is 1. The molecule has 0 radical (unpaired) electrons. The van der Waals surface area contributed by atoms with Crippen molar-refractivity contribution in [2.75, 3.05) is 11.9 Å². The summed E-state index contributed by atoms with van der Waals surface area (Å²) in [4.78, 5) is 11.7. The molecule has 0 atom stereocenters. The Kier molecular flexibility index (Phi) is 4.31. The zero-order valence-electron chi connectivity index (χ0n) is 12.9. The molecule has 1 amide bonds. The molecule has 0 aliphatic rings. The van der Waals surface area contributed by atoms with Gasteiger partial charge in [-0.25, -0.2) is 0 Å². The topological polar surface area (TPSA) is 56.2 Å². The third-order valence-corrected chi connectivity index (χ3v) is 3.07. The molecule has 0 saturated heterocycles. The van der Waals surface area contributed by atoms with Crippen LogP contribution in [0.5, 0.6) is 5.75 Å². The van der Waals surface area contributed by atoms with Gasteiger partial charge in [-0.05, 0) is 23.1 Å². The molecule has 1 aromatic heterocycles. The summed E-state index contributed by atoms with van der Waals surface area (Å²) in [7, 11) is 1.79. The first kappa shape index (κ1) is 15.1. The summed E-state index contributed by atoms with van der Waals surface area (Å²) in [6.07, 6.45) is 1.77. The molecule has 1 heterocycles. The number of hydrogen-bond acceptors (Lipinski definition) is 3. The van der Waals surface area contributed by atoms with E-state index < -0.39 is 0 Å². The number of carbonyl (C=O) groups excluding carboxylic acids is 1. The Morgan fingerprint density at radius 2 is 1.90 bits per heavy atom. The fourth-order valence-corrected chi connectivity index (χ4v) is 1.86. The van der Waals surface area contributed by atoms with E-state index in [0.717, 1.165) is 0 Å². The van der Waals surface area contributed by atoms with Gasteiger partial charge in [-0.15, -0.1) is 0 Å². The van der Waals surface area contributed by atoms with Crippen LogP contribution in [-0.4, -0.2) is 22.3 Å². The normalized spacial score (nSPS) is 11.2. The van der Waals surface area contributed by atoms with Crippen LogP contribution >= 0.6 is 0 Å². The molecule has 0 fully saturated rings. The van der Waals surface area contributed by atoms with Gasteiger partial charge >= 0.3 is 0 Å². The summed E-state index contributed by atoms with van der Waals surface area (Å²) in [5, 5.41) is 6.75. The first-order chi connectivity index (χ1) is 9.84. The molecule has 1 N–H and O–H groups in total. The first-order valence-electron chi connectivity index (χ1n) is 6.87. The molecule has 0 bridgehead atoms. The van der Waals surface area contributed by atoms with Crippen LogP contribution < -0.4 is 10.1 Å². The number of benzene rings is 1. The zero-order valence-corrected chi connectivity index (χ0v) is 12.9. The second kappa shape index (κ2) is 5.99. The molecule has 0 aliphatic carbocycles. The van der Waals surface area contributed by atoms with Gasteiger partial charge in [0.1, 0.15) is 5.75 Å². The minimum Gasteiger partial charge on any atom is -0.484 e. The number of amides is 1. The molecule has 5 heteroatoms. The van der Waals surface area contributed by atoms with E-state index in [9.17, 15) is 4.79 Å². The highest BCUT2D eigenvalue weighted by atomic mass is 16.5. The van der Waals surface area contributed by atoms with Crippen LogP contribution in [0.15, 0.2) is 36.5 Å². The van der Waals surface area contributed by atoms with Crippen molar-refractivity contribution in [3.8, 4) is 5.75 Å². The SMILES string of the molecule is Cn1ccc(NC(=O)COc2ccc(C(C)(C)C)cc2)n1. The summed E-state index contributed by atoms with van der Waals surface area (Å²) < 4.78 is 7.09. The van der Waals surface area contributed by atoms with Gasteiger partial charge in [0, 0.05) is 19.3 Å². The van der Waals surface area contributed by atoms with Crippen molar-refractivity contribution in [1.82, 2.24) is 9.78 Å². The van der Waals surface area contributed by atoms with E-state index in [4.69, 9.17) is 4.74 Å². The molecule has 112 valence electrons. The molecule has 21 heavy (non-hydrogen) atoms. The summed E-state index contributed by atoms with van der Waals surface area (Å²) in [6, 6.07) is 9.54. The fourth-order valence-electron chi connectivity index (χ4n) is 1.86. The van der Waals surface area contributed by atoms with Crippen molar-refractivity contribution >= 4 is 11.7 Å². The molecule has 0 saturated carbocycles.